The van der Waals surface area contributed by atoms with Crippen LogP contribution in [0.2, 0.25) is 0 Å². The Morgan fingerprint density at radius 3 is 2.72 bits per heavy atom. The minimum Gasteiger partial charge on any atom is -0.478 e. The van der Waals surface area contributed by atoms with Gasteiger partial charge in [-0.15, -0.1) is 0 Å². The molecule has 1 saturated heterocycles. The Bertz CT molecular complexity index is 975. The van der Waals surface area contributed by atoms with Crippen molar-refractivity contribution < 1.29 is 9.90 Å². The van der Waals surface area contributed by atoms with Crippen LogP contribution < -0.4 is 10.2 Å². The molecule has 3 N–H and O–H groups in total. The van der Waals surface area contributed by atoms with E-state index in [9.17, 15) is 4.79 Å². The van der Waals surface area contributed by atoms with Crippen molar-refractivity contribution in [1.29, 1.82) is 0 Å². The highest BCUT2D eigenvalue weighted by atomic mass is 16.4. The number of carbonyl (C=O) groups is 1. The van der Waals surface area contributed by atoms with Gasteiger partial charge in [0.15, 0.2) is 0 Å². The van der Waals surface area contributed by atoms with Crippen LogP contribution in [0.4, 0.5) is 5.82 Å². The third-order valence-corrected chi connectivity index (χ3v) is 5.45. The molecule has 0 aliphatic carbocycles. The molecule has 1 aromatic carbocycles. The fraction of sp³-hybridized carbons (Fsp3) is 0.318. The quantitative estimate of drug-likeness (QED) is 0.597. The van der Waals surface area contributed by atoms with E-state index in [-0.39, 0.29) is 5.56 Å². The fourth-order valence-electron chi connectivity index (χ4n) is 3.71. The topological polar surface area (TPSA) is 94.1 Å². The first-order chi connectivity index (χ1) is 14.1. The Labute approximate surface area is 169 Å². The number of anilines is 1. The highest BCUT2D eigenvalue weighted by molar-refractivity contribution is 5.88. The number of aromatic amines is 1. The monoisotopic (exact) mass is 391 g/mol. The van der Waals surface area contributed by atoms with Crippen molar-refractivity contribution in [2.24, 2.45) is 0 Å². The maximum Gasteiger partial charge on any atom is 0.335 e. The van der Waals surface area contributed by atoms with Crippen molar-refractivity contribution in [3.8, 4) is 11.3 Å². The van der Waals surface area contributed by atoms with E-state index in [4.69, 9.17) is 5.11 Å². The smallest absolute Gasteiger partial charge is 0.335 e. The van der Waals surface area contributed by atoms with Crippen LogP contribution in [0.1, 0.15) is 34.3 Å². The van der Waals surface area contributed by atoms with Gasteiger partial charge in [-0.2, -0.15) is 5.10 Å². The van der Waals surface area contributed by atoms with E-state index < -0.39 is 5.97 Å². The second-order valence-electron chi connectivity index (χ2n) is 7.49. The van der Waals surface area contributed by atoms with Crippen molar-refractivity contribution in [3.63, 3.8) is 0 Å². The summed E-state index contributed by atoms with van der Waals surface area (Å²) >= 11 is 0. The van der Waals surface area contributed by atoms with Gasteiger partial charge in [-0.25, -0.2) is 9.78 Å². The molecule has 4 rings (SSSR count). The summed E-state index contributed by atoms with van der Waals surface area (Å²) in [4.78, 5) is 17.7. The summed E-state index contributed by atoms with van der Waals surface area (Å²) in [5.41, 5.74) is 4.88. The van der Waals surface area contributed by atoms with E-state index in [0.717, 1.165) is 55.1 Å². The number of hydrogen-bond acceptors (Lipinski definition) is 5. The number of aromatic carboxylic acids is 1. The third kappa shape index (κ3) is 4.46. The molecule has 0 amide bonds. The number of pyridine rings is 1. The fourth-order valence-corrected chi connectivity index (χ4v) is 3.71. The van der Waals surface area contributed by atoms with Crippen LogP contribution in [0.25, 0.3) is 11.3 Å². The Balaban J connectivity index is 1.33. The van der Waals surface area contributed by atoms with E-state index >= 15 is 0 Å². The Morgan fingerprint density at radius 2 is 2.00 bits per heavy atom. The number of H-pyrrole nitrogens is 1. The molecule has 7 heteroatoms. The molecule has 0 unspecified atom stereocenters. The van der Waals surface area contributed by atoms with Gasteiger partial charge in [-0.3, -0.25) is 5.10 Å². The summed E-state index contributed by atoms with van der Waals surface area (Å²) in [7, 11) is 0. The summed E-state index contributed by atoms with van der Waals surface area (Å²) in [6.45, 7) is 4.55. The van der Waals surface area contributed by atoms with E-state index in [1.807, 2.05) is 6.20 Å². The summed E-state index contributed by atoms with van der Waals surface area (Å²) < 4.78 is 0. The average Bonchev–Trinajstić information content (AvgIpc) is 3.22. The predicted octanol–water partition coefficient (Wildman–Crippen LogP) is 3.24. The lowest BCUT2D eigenvalue weighted by molar-refractivity contribution is 0.0696. The second kappa shape index (κ2) is 8.45. The number of carboxylic acids is 1. The first kappa shape index (κ1) is 19.1. The first-order valence-corrected chi connectivity index (χ1v) is 9.87. The Kier molecular flexibility index (Phi) is 5.57. The molecule has 0 saturated carbocycles. The van der Waals surface area contributed by atoms with E-state index in [0.29, 0.717) is 6.04 Å². The van der Waals surface area contributed by atoms with Gasteiger partial charge in [-0.05, 0) is 37.5 Å². The average molecular weight is 391 g/mol. The van der Waals surface area contributed by atoms with Crippen LogP contribution in [0.3, 0.4) is 0 Å². The van der Waals surface area contributed by atoms with Gasteiger partial charge >= 0.3 is 5.97 Å². The van der Waals surface area contributed by atoms with Gasteiger partial charge < -0.3 is 15.3 Å². The van der Waals surface area contributed by atoms with Crippen molar-refractivity contribution in [3.05, 3.63) is 65.5 Å². The minimum atomic E-state index is -0.922. The summed E-state index contributed by atoms with van der Waals surface area (Å²) in [6, 6.07) is 12.0. The van der Waals surface area contributed by atoms with Gasteiger partial charge in [0.25, 0.3) is 0 Å². The maximum absolute atomic E-state index is 11.2. The van der Waals surface area contributed by atoms with E-state index in [1.165, 1.54) is 11.6 Å². The molecule has 1 aliphatic heterocycles. The van der Waals surface area contributed by atoms with Gasteiger partial charge in [0.2, 0.25) is 0 Å². The number of rotatable bonds is 6. The number of benzene rings is 1. The third-order valence-electron chi connectivity index (χ3n) is 5.45. The van der Waals surface area contributed by atoms with Crippen LogP contribution in [0, 0.1) is 6.92 Å². The van der Waals surface area contributed by atoms with Crippen LogP contribution >= 0.6 is 0 Å². The van der Waals surface area contributed by atoms with E-state index in [2.05, 4.69) is 56.6 Å². The molecule has 150 valence electrons. The Hall–Kier alpha value is -3.19. The number of carboxylic acid groups (broad SMARTS) is 1. The SMILES string of the molecule is Cc1ccc(-c2[nH]ncc2CNC2CCN(c3cc(C(=O)O)ccn3)CC2)cc1. The zero-order valence-corrected chi connectivity index (χ0v) is 16.4. The number of aromatic nitrogens is 3. The van der Waals surface area contributed by atoms with Crippen molar-refractivity contribution in [2.45, 2.75) is 32.4 Å². The lowest BCUT2D eigenvalue weighted by atomic mass is 10.0. The van der Waals surface area contributed by atoms with Crippen molar-refractivity contribution in [2.75, 3.05) is 18.0 Å². The Morgan fingerprint density at radius 1 is 1.24 bits per heavy atom. The lowest BCUT2D eigenvalue weighted by Crippen LogP contribution is -2.42. The molecule has 0 spiro atoms. The second-order valence-corrected chi connectivity index (χ2v) is 7.49. The van der Waals surface area contributed by atoms with Gasteiger partial charge in [0, 0.05) is 37.4 Å². The molecular weight excluding hydrogens is 366 g/mol. The summed E-state index contributed by atoms with van der Waals surface area (Å²) in [5, 5.41) is 20.2. The number of nitrogens with one attached hydrogen (secondary N) is 2. The minimum absolute atomic E-state index is 0.277. The van der Waals surface area contributed by atoms with Gasteiger partial charge in [0.1, 0.15) is 5.82 Å². The molecule has 29 heavy (non-hydrogen) atoms. The van der Waals surface area contributed by atoms with Crippen LogP contribution in [-0.4, -0.2) is 45.4 Å². The molecular formula is C22H25N5O2. The molecule has 0 bridgehead atoms. The van der Waals surface area contributed by atoms with Gasteiger partial charge in [-0.1, -0.05) is 29.8 Å². The normalized spacial score (nSPS) is 14.9. The zero-order chi connectivity index (χ0) is 20.2. The molecule has 3 aromatic rings. The molecule has 1 aliphatic rings. The highest BCUT2D eigenvalue weighted by Gasteiger charge is 2.21. The molecule has 0 radical (unpaired) electrons. The van der Waals surface area contributed by atoms with Crippen LogP contribution in [0.15, 0.2) is 48.8 Å². The lowest BCUT2D eigenvalue weighted by Gasteiger charge is -2.33. The highest BCUT2D eigenvalue weighted by Crippen LogP contribution is 2.23. The largest absolute Gasteiger partial charge is 0.478 e. The number of piperidine rings is 1. The van der Waals surface area contributed by atoms with Crippen LogP contribution in [-0.2, 0) is 6.54 Å². The van der Waals surface area contributed by atoms with Gasteiger partial charge in [0.05, 0.1) is 17.5 Å². The molecule has 0 atom stereocenters. The summed E-state index contributed by atoms with van der Waals surface area (Å²) in [5.74, 6) is -0.186. The van der Waals surface area contributed by atoms with Crippen LogP contribution in [0.5, 0.6) is 0 Å². The number of hydrogen-bond donors (Lipinski definition) is 3. The van der Waals surface area contributed by atoms with Crippen molar-refractivity contribution in [1.82, 2.24) is 20.5 Å². The predicted molar refractivity (Wildman–Crippen MR) is 112 cm³/mol. The molecule has 2 aromatic heterocycles. The summed E-state index contributed by atoms with van der Waals surface area (Å²) in [6.07, 6.45) is 5.42. The number of nitrogens with zero attached hydrogens (tertiary/aromatic N) is 3. The molecule has 7 nitrogen and oxygen atoms in total. The maximum atomic E-state index is 11.2. The standard InChI is InChI=1S/C22H25N5O2/c1-15-2-4-16(5-3-15)21-18(14-25-26-21)13-24-19-7-10-27(11-8-19)20-12-17(22(28)29)6-9-23-20/h2-6,9,12,14,19,24H,7-8,10-11,13H2,1H3,(H,25,26)(H,28,29). The zero-order valence-electron chi connectivity index (χ0n) is 16.4. The van der Waals surface area contributed by atoms with E-state index in [1.54, 1.807) is 12.3 Å². The number of aryl methyl sites for hydroxylation is 1. The first-order valence-electron chi connectivity index (χ1n) is 9.87. The van der Waals surface area contributed by atoms with Crippen molar-refractivity contribution >= 4 is 11.8 Å². The molecule has 1 fully saturated rings. The molecule has 3 heterocycles.